The third-order valence-electron chi connectivity index (χ3n) is 2.35. The highest BCUT2D eigenvalue weighted by molar-refractivity contribution is 5.93. The van der Waals surface area contributed by atoms with Crippen molar-refractivity contribution >= 4 is 17.9 Å². The molecule has 0 radical (unpaired) electrons. The van der Waals surface area contributed by atoms with E-state index in [-0.39, 0.29) is 5.97 Å². The van der Waals surface area contributed by atoms with Gasteiger partial charge in [-0.05, 0) is 12.1 Å². The second kappa shape index (κ2) is 3.73. The number of aliphatic imine (C=N–C) groups is 1. The van der Waals surface area contributed by atoms with Crippen molar-refractivity contribution < 1.29 is 14.3 Å². The van der Waals surface area contributed by atoms with Crippen LogP contribution in [-0.2, 0) is 11.2 Å². The zero-order valence-electron chi connectivity index (χ0n) is 8.61. The Hall–Kier alpha value is -1.84. The van der Waals surface area contributed by atoms with Crippen LogP contribution in [0.5, 0.6) is 5.75 Å². The number of carbonyl (C=O) groups excluding carboxylic acids is 1. The number of fused-ring (bicyclic) bond motifs is 1. The lowest BCUT2D eigenvalue weighted by Crippen LogP contribution is -2.02. The first-order valence-corrected chi connectivity index (χ1v) is 4.58. The molecule has 78 valence electrons. The SMILES string of the molecule is COC(=O)c1cc2c(c(OC)c1)CC=N2. The quantitative estimate of drug-likeness (QED) is 0.691. The Labute approximate surface area is 87.5 Å². The maximum atomic E-state index is 11.4. The Bertz CT molecular complexity index is 438. The van der Waals surface area contributed by atoms with Crippen molar-refractivity contribution in [3.05, 3.63) is 23.3 Å². The van der Waals surface area contributed by atoms with Crippen LogP contribution in [0.15, 0.2) is 17.1 Å². The second-order valence-corrected chi connectivity index (χ2v) is 3.18. The molecule has 0 spiro atoms. The predicted molar refractivity (Wildman–Crippen MR) is 56.2 cm³/mol. The average molecular weight is 205 g/mol. The first-order chi connectivity index (χ1) is 7.26. The van der Waals surface area contributed by atoms with Gasteiger partial charge in [0.05, 0.1) is 25.5 Å². The minimum absolute atomic E-state index is 0.377. The van der Waals surface area contributed by atoms with Crippen molar-refractivity contribution in [2.75, 3.05) is 14.2 Å². The minimum atomic E-state index is -0.377. The van der Waals surface area contributed by atoms with E-state index in [2.05, 4.69) is 9.73 Å². The molecule has 4 heteroatoms. The van der Waals surface area contributed by atoms with E-state index in [4.69, 9.17) is 4.74 Å². The topological polar surface area (TPSA) is 47.9 Å². The van der Waals surface area contributed by atoms with Gasteiger partial charge in [0.2, 0.25) is 0 Å². The predicted octanol–water partition coefficient (Wildman–Crippen LogP) is 1.74. The third-order valence-corrected chi connectivity index (χ3v) is 2.35. The van der Waals surface area contributed by atoms with Gasteiger partial charge in [-0.3, -0.25) is 4.99 Å². The first kappa shape index (κ1) is 9.71. The summed E-state index contributed by atoms with van der Waals surface area (Å²) in [6, 6.07) is 3.40. The summed E-state index contributed by atoms with van der Waals surface area (Å²) in [6.07, 6.45) is 2.55. The number of ether oxygens (including phenoxy) is 2. The van der Waals surface area contributed by atoms with Gasteiger partial charge in [-0.2, -0.15) is 0 Å². The van der Waals surface area contributed by atoms with Gasteiger partial charge in [0.1, 0.15) is 5.75 Å². The van der Waals surface area contributed by atoms with Crippen LogP contribution in [0.3, 0.4) is 0 Å². The van der Waals surface area contributed by atoms with Crippen LogP contribution >= 0.6 is 0 Å². The van der Waals surface area contributed by atoms with Crippen molar-refractivity contribution in [1.29, 1.82) is 0 Å². The molecule has 15 heavy (non-hydrogen) atoms. The van der Waals surface area contributed by atoms with E-state index >= 15 is 0 Å². The first-order valence-electron chi connectivity index (χ1n) is 4.58. The number of methoxy groups -OCH3 is 2. The van der Waals surface area contributed by atoms with Crippen molar-refractivity contribution in [1.82, 2.24) is 0 Å². The molecule has 0 N–H and O–H groups in total. The van der Waals surface area contributed by atoms with Crippen molar-refractivity contribution in [3.8, 4) is 5.75 Å². The molecule has 4 nitrogen and oxygen atoms in total. The lowest BCUT2D eigenvalue weighted by atomic mass is 10.1. The zero-order chi connectivity index (χ0) is 10.8. The Morgan fingerprint density at radius 3 is 2.87 bits per heavy atom. The molecule has 2 rings (SSSR count). The summed E-state index contributed by atoms with van der Waals surface area (Å²) in [5, 5.41) is 0. The van der Waals surface area contributed by atoms with Gasteiger partial charge in [0.25, 0.3) is 0 Å². The number of hydrogen-bond acceptors (Lipinski definition) is 4. The Morgan fingerprint density at radius 1 is 1.40 bits per heavy atom. The Morgan fingerprint density at radius 2 is 2.20 bits per heavy atom. The molecule has 1 aromatic rings. The normalized spacial score (nSPS) is 12.4. The van der Waals surface area contributed by atoms with Gasteiger partial charge >= 0.3 is 5.97 Å². The fraction of sp³-hybridized carbons (Fsp3) is 0.273. The van der Waals surface area contributed by atoms with E-state index in [1.807, 2.05) is 0 Å². The summed E-state index contributed by atoms with van der Waals surface area (Å²) in [5.74, 6) is 0.309. The fourth-order valence-electron chi connectivity index (χ4n) is 1.60. The minimum Gasteiger partial charge on any atom is -0.496 e. The molecule has 0 saturated heterocycles. The number of rotatable bonds is 2. The largest absolute Gasteiger partial charge is 0.496 e. The second-order valence-electron chi connectivity index (χ2n) is 3.18. The van der Waals surface area contributed by atoms with Gasteiger partial charge < -0.3 is 9.47 Å². The van der Waals surface area contributed by atoms with Crippen LogP contribution in [0.1, 0.15) is 15.9 Å². The molecular formula is C11H11NO3. The van der Waals surface area contributed by atoms with Crippen molar-refractivity contribution in [2.24, 2.45) is 4.99 Å². The van der Waals surface area contributed by atoms with Crippen molar-refractivity contribution in [3.63, 3.8) is 0 Å². The molecule has 0 unspecified atom stereocenters. The van der Waals surface area contributed by atoms with Gasteiger partial charge in [0, 0.05) is 18.2 Å². The van der Waals surface area contributed by atoms with E-state index < -0.39 is 0 Å². The van der Waals surface area contributed by atoms with Gasteiger partial charge in [-0.1, -0.05) is 0 Å². The van der Waals surface area contributed by atoms with Gasteiger partial charge in [-0.15, -0.1) is 0 Å². The number of hydrogen-bond donors (Lipinski definition) is 0. The molecule has 0 aliphatic carbocycles. The highest BCUT2D eigenvalue weighted by atomic mass is 16.5. The van der Waals surface area contributed by atoms with E-state index in [0.717, 1.165) is 17.7 Å². The number of esters is 1. The highest BCUT2D eigenvalue weighted by Crippen LogP contribution is 2.34. The molecule has 1 aliphatic rings. The smallest absolute Gasteiger partial charge is 0.338 e. The summed E-state index contributed by atoms with van der Waals surface area (Å²) >= 11 is 0. The number of benzene rings is 1. The Balaban J connectivity index is 2.51. The third kappa shape index (κ3) is 1.58. The van der Waals surface area contributed by atoms with Crippen LogP contribution in [0.2, 0.25) is 0 Å². The fourth-order valence-corrected chi connectivity index (χ4v) is 1.60. The molecule has 1 aromatic carbocycles. The zero-order valence-corrected chi connectivity index (χ0v) is 8.61. The lowest BCUT2D eigenvalue weighted by molar-refractivity contribution is 0.0600. The van der Waals surface area contributed by atoms with Gasteiger partial charge in [0.15, 0.2) is 0 Å². The molecule has 0 atom stereocenters. The van der Waals surface area contributed by atoms with Crippen LogP contribution < -0.4 is 4.74 Å². The van der Waals surface area contributed by atoms with Crippen LogP contribution in [0.25, 0.3) is 0 Å². The van der Waals surface area contributed by atoms with E-state index in [9.17, 15) is 4.79 Å². The molecule has 0 fully saturated rings. The maximum absolute atomic E-state index is 11.4. The molecule has 0 saturated carbocycles. The average Bonchev–Trinajstić information content (AvgIpc) is 2.74. The molecular weight excluding hydrogens is 194 g/mol. The molecule has 0 bridgehead atoms. The molecule has 0 amide bonds. The van der Waals surface area contributed by atoms with Crippen molar-refractivity contribution in [2.45, 2.75) is 6.42 Å². The number of carbonyl (C=O) groups is 1. The highest BCUT2D eigenvalue weighted by Gasteiger charge is 2.17. The summed E-state index contributed by atoms with van der Waals surface area (Å²) < 4.78 is 9.85. The molecule has 0 aromatic heterocycles. The summed E-state index contributed by atoms with van der Waals surface area (Å²) in [5.41, 5.74) is 2.27. The van der Waals surface area contributed by atoms with Gasteiger partial charge in [-0.25, -0.2) is 4.79 Å². The Kier molecular flexibility index (Phi) is 2.41. The lowest BCUT2D eigenvalue weighted by Gasteiger charge is -2.08. The van der Waals surface area contributed by atoms with Crippen LogP contribution in [0, 0.1) is 0 Å². The molecule has 1 aliphatic heterocycles. The monoisotopic (exact) mass is 205 g/mol. The van der Waals surface area contributed by atoms with E-state index in [0.29, 0.717) is 11.3 Å². The van der Waals surface area contributed by atoms with E-state index in [1.165, 1.54) is 7.11 Å². The van der Waals surface area contributed by atoms with E-state index in [1.54, 1.807) is 25.5 Å². The van der Waals surface area contributed by atoms with Crippen LogP contribution in [-0.4, -0.2) is 26.4 Å². The molecule has 1 heterocycles. The maximum Gasteiger partial charge on any atom is 0.338 e. The summed E-state index contributed by atoms with van der Waals surface area (Å²) in [6.45, 7) is 0. The summed E-state index contributed by atoms with van der Waals surface area (Å²) in [7, 11) is 2.93. The standard InChI is InChI=1S/C11H11NO3/c1-14-10-6-7(11(13)15-2)5-9-8(10)3-4-12-9/h4-6H,3H2,1-2H3. The summed E-state index contributed by atoms with van der Waals surface area (Å²) in [4.78, 5) is 15.5. The van der Waals surface area contributed by atoms with Crippen LogP contribution in [0.4, 0.5) is 5.69 Å². The number of nitrogens with zero attached hydrogens (tertiary/aromatic N) is 1.